The molecule has 0 aliphatic rings. The molecule has 0 aliphatic heterocycles. The van der Waals surface area contributed by atoms with Crippen molar-refractivity contribution in [1.29, 1.82) is 0 Å². The molecule has 0 aliphatic carbocycles. The molecule has 0 bridgehead atoms. The van der Waals surface area contributed by atoms with Crippen molar-refractivity contribution in [2.75, 3.05) is 6.54 Å². The van der Waals surface area contributed by atoms with Gasteiger partial charge in [-0.1, -0.05) is 6.42 Å². The van der Waals surface area contributed by atoms with E-state index >= 15 is 0 Å². The van der Waals surface area contributed by atoms with Gasteiger partial charge in [-0.3, -0.25) is 0 Å². The van der Waals surface area contributed by atoms with Gasteiger partial charge in [-0.25, -0.2) is 0 Å². The Hall–Kier alpha value is -0.900. The van der Waals surface area contributed by atoms with E-state index in [4.69, 9.17) is 11.5 Å². The van der Waals surface area contributed by atoms with Gasteiger partial charge in [-0.15, -0.1) is 5.10 Å². The molecule has 0 aromatic carbocycles. The molecule has 0 aromatic rings. The first kappa shape index (κ1) is 12.1. The summed E-state index contributed by atoms with van der Waals surface area (Å²) in [6.45, 7) is 4.54. The van der Waals surface area contributed by atoms with Crippen molar-refractivity contribution in [1.82, 2.24) is 0 Å². The molecule has 0 radical (unpaired) electrons. The lowest BCUT2D eigenvalue weighted by Crippen LogP contribution is -2.11. The van der Waals surface area contributed by atoms with E-state index in [2.05, 4.69) is 10.2 Å². The highest BCUT2D eigenvalue weighted by atomic mass is 15.2. The summed E-state index contributed by atoms with van der Waals surface area (Å²) in [7, 11) is 0. The second-order valence-corrected chi connectivity index (χ2v) is 3.24. The van der Waals surface area contributed by atoms with Gasteiger partial charge in [0.15, 0.2) is 0 Å². The molecular formula is C9H20N4. The first-order chi connectivity index (χ1) is 6.16. The van der Waals surface area contributed by atoms with E-state index in [-0.39, 0.29) is 0 Å². The van der Waals surface area contributed by atoms with Crippen LogP contribution in [0.5, 0.6) is 0 Å². The van der Waals surface area contributed by atoms with Crippen molar-refractivity contribution < 1.29 is 0 Å². The Morgan fingerprint density at radius 2 is 1.77 bits per heavy atom. The topological polar surface area (TPSA) is 76.8 Å². The number of hydrogen-bond donors (Lipinski definition) is 2. The lowest BCUT2D eigenvalue weighted by atomic mass is 10.2. The fourth-order valence-corrected chi connectivity index (χ4v) is 0.841. The molecule has 0 fully saturated rings. The summed E-state index contributed by atoms with van der Waals surface area (Å²) >= 11 is 0. The predicted molar refractivity (Wildman–Crippen MR) is 57.9 cm³/mol. The Balaban J connectivity index is 3.55. The summed E-state index contributed by atoms with van der Waals surface area (Å²) in [5.74, 6) is 0.609. The highest BCUT2D eigenvalue weighted by Crippen LogP contribution is 1.98. The van der Waals surface area contributed by atoms with Gasteiger partial charge in [0, 0.05) is 12.1 Å². The van der Waals surface area contributed by atoms with Crippen LogP contribution in [0.15, 0.2) is 10.2 Å². The molecule has 4 N–H and O–H groups in total. The zero-order valence-electron chi connectivity index (χ0n) is 8.58. The maximum Gasteiger partial charge on any atom is 0.122 e. The minimum atomic E-state index is 0.609. The van der Waals surface area contributed by atoms with Crippen molar-refractivity contribution >= 4 is 11.5 Å². The second kappa shape index (κ2) is 7.73. The van der Waals surface area contributed by atoms with Crippen LogP contribution in [0.25, 0.3) is 0 Å². The average molecular weight is 184 g/mol. The summed E-state index contributed by atoms with van der Waals surface area (Å²) in [6, 6.07) is 0. The number of unbranched alkanes of at least 4 members (excludes halogenated alkanes) is 2. The van der Waals surface area contributed by atoms with Crippen molar-refractivity contribution in [3.63, 3.8) is 0 Å². The summed E-state index contributed by atoms with van der Waals surface area (Å²) in [5, 5.41) is 7.75. The van der Waals surface area contributed by atoms with Gasteiger partial charge in [0.25, 0.3) is 0 Å². The van der Waals surface area contributed by atoms with E-state index in [9.17, 15) is 0 Å². The van der Waals surface area contributed by atoms with Crippen LogP contribution in [-0.4, -0.2) is 18.1 Å². The Morgan fingerprint density at radius 1 is 1.08 bits per heavy atom. The molecule has 0 spiro atoms. The van der Waals surface area contributed by atoms with E-state index in [0.717, 1.165) is 37.9 Å². The van der Waals surface area contributed by atoms with Crippen LogP contribution in [0, 0.1) is 0 Å². The summed E-state index contributed by atoms with van der Waals surface area (Å²) in [4.78, 5) is 0. The van der Waals surface area contributed by atoms with Crippen LogP contribution in [0.1, 0.15) is 39.5 Å². The Kier molecular flexibility index (Phi) is 7.20. The van der Waals surface area contributed by atoms with E-state index in [1.807, 2.05) is 13.8 Å². The fraction of sp³-hybridized carbons (Fsp3) is 0.778. The molecule has 0 aromatic heterocycles. The number of nitrogens with two attached hydrogens (primary N) is 2. The third-order valence-corrected chi connectivity index (χ3v) is 1.52. The molecule has 0 amide bonds. The van der Waals surface area contributed by atoms with Crippen LogP contribution < -0.4 is 11.5 Å². The van der Waals surface area contributed by atoms with E-state index in [0.29, 0.717) is 5.84 Å². The van der Waals surface area contributed by atoms with Gasteiger partial charge in [0.1, 0.15) is 5.84 Å². The van der Waals surface area contributed by atoms with Crippen molar-refractivity contribution in [2.24, 2.45) is 21.7 Å². The highest BCUT2D eigenvalue weighted by Gasteiger charge is 1.92. The molecule has 4 heteroatoms. The Labute approximate surface area is 80.1 Å². The maximum atomic E-state index is 5.62. The predicted octanol–water partition coefficient (Wildman–Crippen LogP) is 1.26. The van der Waals surface area contributed by atoms with E-state index in [1.165, 1.54) is 0 Å². The molecule has 0 unspecified atom stereocenters. The smallest absolute Gasteiger partial charge is 0.122 e. The van der Waals surface area contributed by atoms with Crippen molar-refractivity contribution in [2.45, 2.75) is 39.5 Å². The van der Waals surface area contributed by atoms with Gasteiger partial charge in [0.2, 0.25) is 0 Å². The largest absolute Gasteiger partial charge is 0.386 e. The number of rotatable bonds is 6. The van der Waals surface area contributed by atoms with Gasteiger partial charge >= 0.3 is 0 Å². The van der Waals surface area contributed by atoms with E-state index in [1.54, 1.807) is 0 Å². The second-order valence-electron chi connectivity index (χ2n) is 3.24. The Morgan fingerprint density at radius 3 is 2.31 bits per heavy atom. The normalized spacial score (nSPS) is 11.5. The fourth-order valence-electron chi connectivity index (χ4n) is 0.841. The molecule has 0 heterocycles. The van der Waals surface area contributed by atoms with Crippen LogP contribution in [-0.2, 0) is 0 Å². The zero-order chi connectivity index (χ0) is 10.1. The molecule has 0 saturated carbocycles. The standard InChI is InChI=1S/C9H20N4/c1-8(2)12-13-9(11)6-4-3-5-7-10/h3-7,10H2,1-2H3,(H2,11,13). The molecule has 0 atom stereocenters. The maximum absolute atomic E-state index is 5.62. The number of amidine groups is 1. The van der Waals surface area contributed by atoms with Crippen LogP contribution >= 0.6 is 0 Å². The summed E-state index contributed by atoms with van der Waals surface area (Å²) < 4.78 is 0. The first-order valence-corrected chi connectivity index (χ1v) is 4.70. The molecule has 13 heavy (non-hydrogen) atoms. The van der Waals surface area contributed by atoms with Crippen molar-refractivity contribution in [3.8, 4) is 0 Å². The molecule has 4 nitrogen and oxygen atoms in total. The van der Waals surface area contributed by atoms with Crippen LogP contribution in [0.2, 0.25) is 0 Å². The van der Waals surface area contributed by atoms with Gasteiger partial charge in [-0.2, -0.15) is 5.10 Å². The summed E-state index contributed by atoms with van der Waals surface area (Å²) in [6.07, 6.45) is 4.03. The van der Waals surface area contributed by atoms with Gasteiger partial charge in [0.05, 0.1) is 0 Å². The third kappa shape index (κ3) is 9.01. The minimum absolute atomic E-state index is 0.609. The van der Waals surface area contributed by atoms with E-state index < -0.39 is 0 Å². The third-order valence-electron chi connectivity index (χ3n) is 1.52. The van der Waals surface area contributed by atoms with Crippen LogP contribution in [0.3, 0.4) is 0 Å². The molecule has 0 saturated heterocycles. The average Bonchev–Trinajstić information content (AvgIpc) is 2.09. The lowest BCUT2D eigenvalue weighted by Gasteiger charge is -1.98. The molecular weight excluding hydrogens is 164 g/mol. The molecule has 76 valence electrons. The van der Waals surface area contributed by atoms with Crippen molar-refractivity contribution in [3.05, 3.63) is 0 Å². The quantitative estimate of drug-likeness (QED) is 0.282. The highest BCUT2D eigenvalue weighted by molar-refractivity contribution is 5.83. The van der Waals surface area contributed by atoms with Gasteiger partial charge in [-0.05, 0) is 33.2 Å². The van der Waals surface area contributed by atoms with Gasteiger partial charge < -0.3 is 11.5 Å². The van der Waals surface area contributed by atoms with Crippen LogP contribution in [0.4, 0.5) is 0 Å². The summed E-state index contributed by atoms with van der Waals surface area (Å²) in [5.41, 5.74) is 11.9. The SMILES string of the molecule is CC(C)=N/N=C(\N)CCCCCN. The monoisotopic (exact) mass is 184 g/mol. The Bertz CT molecular complexity index is 180. The lowest BCUT2D eigenvalue weighted by molar-refractivity contribution is 0.703. The zero-order valence-corrected chi connectivity index (χ0v) is 8.58. The minimum Gasteiger partial charge on any atom is -0.386 e. The molecule has 0 rings (SSSR count). The number of hydrogen-bond acceptors (Lipinski definition) is 3. The first-order valence-electron chi connectivity index (χ1n) is 4.70. The number of nitrogens with zero attached hydrogens (tertiary/aromatic N) is 2.